The first-order valence-electron chi connectivity index (χ1n) is 6.90. The van der Waals surface area contributed by atoms with Crippen LogP contribution in [0.5, 0.6) is 5.75 Å². The Hall–Kier alpha value is -2.27. The van der Waals surface area contributed by atoms with Crippen molar-refractivity contribution >= 4 is 29.3 Å². The van der Waals surface area contributed by atoms with Gasteiger partial charge in [0.25, 0.3) is 5.91 Å². The van der Waals surface area contributed by atoms with Crippen LogP contribution in [-0.2, 0) is 11.8 Å². The summed E-state index contributed by atoms with van der Waals surface area (Å²) in [4.78, 5) is 12.4. The van der Waals surface area contributed by atoms with E-state index in [4.69, 9.17) is 16.3 Å². The zero-order valence-corrected chi connectivity index (χ0v) is 13.4. The topological polar surface area (TPSA) is 56.2 Å². The Morgan fingerprint density at radius 1 is 1.41 bits per heavy atom. The van der Waals surface area contributed by atoms with Crippen LogP contribution in [0.15, 0.2) is 23.8 Å². The molecule has 1 N–H and O–H groups in total. The highest BCUT2D eigenvalue weighted by atomic mass is 35.5. The average Bonchev–Trinajstić information content (AvgIpc) is 2.72. The van der Waals surface area contributed by atoms with Gasteiger partial charge in [-0.2, -0.15) is 5.10 Å². The van der Waals surface area contributed by atoms with Crippen molar-refractivity contribution in [2.24, 2.45) is 7.05 Å². The van der Waals surface area contributed by atoms with E-state index in [-0.39, 0.29) is 12.5 Å². The molecule has 0 spiro atoms. The number of nitrogens with zero attached hydrogens (tertiary/aromatic N) is 2. The van der Waals surface area contributed by atoms with Gasteiger partial charge in [0.2, 0.25) is 0 Å². The minimum Gasteiger partial charge on any atom is -0.488 e. The summed E-state index contributed by atoms with van der Waals surface area (Å²) in [6.07, 6.45) is 1.81. The lowest BCUT2D eigenvalue weighted by Gasteiger charge is -2.18. The largest absolute Gasteiger partial charge is 0.488 e. The lowest BCUT2D eigenvalue weighted by atomic mass is 10.1. The van der Waals surface area contributed by atoms with Crippen LogP contribution < -0.4 is 10.1 Å². The van der Waals surface area contributed by atoms with Crippen molar-refractivity contribution < 1.29 is 9.53 Å². The molecule has 2 aromatic rings. The number of carbonyl (C=O) groups is 1. The van der Waals surface area contributed by atoms with Crippen LogP contribution in [0.25, 0.3) is 6.08 Å². The molecule has 1 amide bonds. The second-order valence-corrected chi connectivity index (χ2v) is 5.70. The highest BCUT2D eigenvalue weighted by molar-refractivity contribution is 6.30. The maximum absolute atomic E-state index is 12.4. The Bertz CT molecular complexity index is 793. The normalized spacial score (nSPS) is 13.2. The van der Waals surface area contributed by atoms with E-state index in [1.165, 1.54) is 0 Å². The number of aryl methyl sites for hydroxylation is 2. The molecule has 5 nitrogen and oxygen atoms in total. The molecule has 1 aromatic carbocycles. The van der Waals surface area contributed by atoms with Gasteiger partial charge >= 0.3 is 0 Å². The van der Waals surface area contributed by atoms with E-state index in [0.29, 0.717) is 10.6 Å². The first-order chi connectivity index (χ1) is 10.5. The Labute approximate surface area is 133 Å². The fraction of sp³-hybridized carbons (Fsp3) is 0.250. The van der Waals surface area contributed by atoms with E-state index in [9.17, 15) is 4.79 Å². The smallest absolute Gasteiger partial charge is 0.255 e. The molecule has 0 radical (unpaired) electrons. The van der Waals surface area contributed by atoms with Crippen LogP contribution in [0.4, 0.5) is 5.69 Å². The van der Waals surface area contributed by atoms with Crippen molar-refractivity contribution in [2.75, 3.05) is 11.9 Å². The van der Waals surface area contributed by atoms with Gasteiger partial charge in [0.05, 0.1) is 22.6 Å². The molecule has 0 unspecified atom stereocenters. The summed E-state index contributed by atoms with van der Waals surface area (Å²) in [5, 5.41) is 7.81. The Kier molecular flexibility index (Phi) is 3.66. The molecule has 1 aromatic heterocycles. The van der Waals surface area contributed by atoms with Gasteiger partial charge in [0.15, 0.2) is 0 Å². The number of halogens is 1. The zero-order valence-electron chi connectivity index (χ0n) is 12.6. The van der Waals surface area contributed by atoms with Crippen LogP contribution >= 0.6 is 11.6 Å². The summed E-state index contributed by atoms with van der Waals surface area (Å²) in [6.45, 7) is 4.01. The Morgan fingerprint density at radius 3 is 2.86 bits per heavy atom. The molecule has 1 aliphatic heterocycles. The summed E-state index contributed by atoms with van der Waals surface area (Å²) in [5.41, 5.74) is 3.80. The predicted octanol–water partition coefficient (Wildman–Crippen LogP) is 3.10. The van der Waals surface area contributed by atoms with Crippen molar-refractivity contribution in [1.82, 2.24) is 9.78 Å². The molecule has 0 saturated heterocycles. The minimum atomic E-state index is -0.190. The third kappa shape index (κ3) is 2.60. The molecule has 22 heavy (non-hydrogen) atoms. The lowest BCUT2D eigenvalue weighted by Crippen LogP contribution is -2.21. The van der Waals surface area contributed by atoms with Crippen molar-refractivity contribution in [1.29, 1.82) is 0 Å². The van der Waals surface area contributed by atoms with Crippen LogP contribution in [-0.4, -0.2) is 22.3 Å². The number of rotatable bonds is 2. The maximum Gasteiger partial charge on any atom is 0.255 e. The molecule has 0 bridgehead atoms. The number of benzene rings is 1. The molecule has 0 aliphatic carbocycles. The first kappa shape index (κ1) is 14.7. The van der Waals surface area contributed by atoms with Crippen LogP contribution in [0.2, 0.25) is 5.02 Å². The summed E-state index contributed by atoms with van der Waals surface area (Å²) in [6, 6.07) is 5.35. The molecule has 6 heteroatoms. The molecular weight excluding hydrogens is 302 g/mol. The Balaban J connectivity index is 1.87. The number of anilines is 1. The number of aromatic nitrogens is 2. The summed E-state index contributed by atoms with van der Waals surface area (Å²) in [5.74, 6) is 0.541. The van der Waals surface area contributed by atoms with Crippen LogP contribution in [0.1, 0.15) is 17.0 Å². The molecule has 2 heterocycles. The molecule has 0 fully saturated rings. The highest BCUT2D eigenvalue weighted by Gasteiger charge is 2.20. The van der Waals surface area contributed by atoms with Crippen molar-refractivity contribution in [3.63, 3.8) is 0 Å². The number of fused-ring (bicyclic) bond motifs is 1. The van der Waals surface area contributed by atoms with Gasteiger partial charge in [-0.15, -0.1) is 0 Å². The monoisotopic (exact) mass is 317 g/mol. The third-order valence-electron chi connectivity index (χ3n) is 3.72. The van der Waals surface area contributed by atoms with Gasteiger partial charge < -0.3 is 10.1 Å². The summed E-state index contributed by atoms with van der Waals surface area (Å²) < 4.78 is 7.35. The third-order valence-corrected chi connectivity index (χ3v) is 3.96. The van der Waals surface area contributed by atoms with Crippen LogP contribution in [0, 0.1) is 13.8 Å². The van der Waals surface area contributed by atoms with Gasteiger partial charge in [-0.3, -0.25) is 9.48 Å². The fourth-order valence-electron chi connectivity index (χ4n) is 2.43. The van der Waals surface area contributed by atoms with E-state index < -0.39 is 0 Å². The predicted molar refractivity (Wildman–Crippen MR) is 86.2 cm³/mol. The molecule has 1 aliphatic rings. The lowest BCUT2D eigenvalue weighted by molar-refractivity contribution is -0.113. The van der Waals surface area contributed by atoms with Crippen LogP contribution in [0.3, 0.4) is 0 Å². The number of hydrogen-bond acceptors (Lipinski definition) is 3. The number of carbonyl (C=O) groups excluding carboxylic acids is 1. The number of hydrogen-bond donors (Lipinski definition) is 1. The van der Waals surface area contributed by atoms with E-state index in [2.05, 4.69) is 10.4 Å². The van der Waals surface area contributed by atoms with Gasteiger partial charge in [-0.05, 0) is 38.1 Å². The number of amides is 1. The van der Waals surface area contributed by atoms with Gasteiger partial charge in [0.1, 0.15) is 12.4 Å². The SMILES string of the molecule is Cc1nn(C)c(C)c1NC(=O)C1=Cc2cc(Cl)ccc2OC1. The molecule has 0 atom stereocenters. The van der Waals surface area contributed by atoms with Crippen molar-refractivity contribution in [3.05, 3.63) is 45.7 Å². The van der Waals surface area contributed by atoms with E-state index in [1.54, 1.807) is 29.0 Å². The maximum atomic E-state index is 12.4. The first-order valence-corrected chi connectivity index (χ1v) is 7.28. The summed E-state index contributed by atoms with van der Waals surface area (Å²) >= 11 is 5.98. The number of nitrogens with one attached hydrogen (secondary N) is 1. The average molecular weight is 318 g/mol. The van der Waals surface area contributed by atoms with E-state index in [1.807, 2.05) is 20.9 Å². The second-order valence-electron chi connectivity index (χ2n) is 5.26. The molecule has 3 rings (SSSR count). The van der Waals surface area contributed by atoms with Gasteiger partial charge in [0, 0.05) is 17.6 Å². The standard InChI is InChI=1S/C16H16ClN3O2/c1-9-15(10(2)20(3)19-9)18-16(21)12-6-11-7-13(17)4-5-14(11)22-8-12/h4-7H,8H2,1-3H3,(H,18,21). The van der Waals surface area contributed by atoms with Crippen molar-refractivity contribution in [2.45, 2.75) is 13.8 Å². The second kappa shape index (κ2) is 5.50. The highest BCUT2D eigenvalue weighted by Crippen LogP contribution is 2.29. The fourth-order valence-corrected chi connectivity index (χ4v) is 2.61. The minimum absolute atomic E-state index is 0.190. The molecular formula is C16H16ClN3O2. The van der Waals surface area contributed by atoms with Gasteiger partial charge in [-0.1, -0.05) is 11.6 Å². The zero-order chi connectivity index (χ0) is 15.9. The molecule has 114 valence electrons. The number of ether oxygens (including phenoxy) is 1. The quantitative estimate of drug-likeness (QED) is 0.926. The van der Waals surface area contributed by atoms with E-state index in [0.717, 1.165) is 28.4 Å². The molecule has 0 saturated carbocycles. The summed E-state index contributed by atoms with van der Waals surface area (Å²) in [7, 11) is 1.85. The van der Waals surface area contributed by atoms with Crippen molar-refractivity contribution in [3.8, 4) is 5.75 Å². The van der Waals surface area contributed by atoms with E-state index >= 15 is 0 Å². The Morgan fingerprint density at radius 2 is 2.18 bits per heavy atom. The van der Waals surface area contributed by atoms with Gasteiger partial charge in [-0.25, -0.2) is 0 Å².